The molecule has 5 nitrogen and oxygen atoms in total. The summed E-state index contributed by atoms with van der Waals surface area (Å²) in [6.45, 7) is 2.82. The van der Waals surface area contributed by atoms with Gasteiger partial charge in [-0.25, -0.2) is 0 Å². The third kappa shape index (κ3) is 4.26. The Hall–Kier alpha value is -0.650. The van der Waals surface area contributed by atoms with Gasteiger partial charge in [-0.3, -0.25) is 4.79 Å². The van der Waals surface area contributed by atoms with Gasteiger partial charge in [0.05, 0.1) is 18.8 Å². The number of rotatable bonds is 7. The number of nitrogens with one attached hydrogen (secondary N) is 2. The minimum atomic E-state index is -0.108. The summed E-state index contributed by atoms with van der Waals surface area (Å²) in [6, 6.07) is -0.108. The average molecular weight is 242 g/mol. The van der Waals surface area contributed by atoms with Crippen molar-refractivity contribution in [3.05, 3.63) is 0 Å². The minimum absolute atomic E-state index is 0.0552. The van der Waals surface area contributed by atoms with Crippen LogP contribution >= 0.6 is 0 Å². The molecule has 2 rings (SSSR count). The molecule has 0 aromatic carbocycles. The number of carbonyl (C=O) groups is 1. The van der Waals surface area contributed by atoms with Crippen LogP contribution in [0.15, 0.2) is 0 Å². The summed E-state index contributed by atoms with van der Waals surface area (Å²) in [6.07, 6.45) is 3.52. The fourth-order valence-electron chi connectivity index (χ4n) is 1.99. The highest BCUT2D eigenvalue weighted by molar-refractivity contribution is 5.82. The molecule has 2 unspecified atom stereocenters. The summed E-state index contributed by atoms with van der Waals surface area (Å²) in [7, 11) is 1.68. The van der Waals surface area contributed by atoms with Gasteiger partial charge in [-0.15, -0.1) is 0 Å². The van der Waals surface area contributed by atoms with E-state index in [4.69, 9.17) is 9.47 Å². The molecule has 1 heterocycles. The van der Waals surface area contributed by atoms with Gasteiger partial charge in [0, 0.05) is 26.8 Å². The number of hydrogen-bond donors (Lipinski definition) is 2. The Labute approximate surface area is 102 Å². The van der Waals surface area contributed by atoms with Gasteiger partial charge in [0.25, 0.3) is 0 Å². The second-order valence-corrected chi connectivity index (χ2v) is 4.86. The molecular formula is C12H22N2O3. The molecule has 1 saturated heterocycles. The van der Waals surface area contributed by atoms with E-state index in [1.165, 1.54) is 12.8 Å². The normalized spacial score (nSPS) is 28.3. The molecule has 0 aromatic rings. The zero-order valence-corrected chi connectivity index (χ0v) is 10.4. The fourth-order valence-corrected chi connectivity index (χ4v) is 1.99. The van der Waals surface area contributed by atoms with Crippen LogP contribution in [0.25, 0.3) is 0 Å². The van der Waals surface area contributed by atoms with E-state index in [2.05, 4.69) is 10.6 Å². The van der Waals surface area contributed by atoms with Crippen molar-refractivity contribution in [2.75, 3.05) is 33.4 Å². The van der Waals surface area contributed by atoms with Crippen LogP contribution in [-0.2, 0) is 14.3 Å². The van der Waals surface area contributed by atoms with Crippen molar-refractivity contribution in [2.24, 2.45) is 5.92 Å². The highest BCUT2D eigenvalue weighted by Crippen LogP contribution is 2.28. The molecule has 2 aliphatic rings. The van der Waals surface area contributed by atoms with Crippen LogP contribution in [0.4, 0.5) is 0 Å². The number of amides is 1. The predicted octanol–water partition coefficient (Wildman–Crippen LogP) is -0.0939. The summed E-state index contributed by atoms with van der Waals surface area (Å²) in [5.74, 6) is 0.837. The zero-order valence-electron chi connectivity index (χ0n) is 10.4. The van der Waals surface area contributed by atoms with E-state index in [-0.39, 0.29) is 18.1 Å². The third-order valence-corrected chi connectivity index (χ3v) is 3.34. The summed E-state index contributed by atoms with van der Waals surface area (Å²) in [4.78, 5) is 11.7. The molecule has 2 atom stereocenters. The Balaban J connectivity index is 1.51. The summed E-state index contributed by atoms with van der Waals surface area (Å²) >= 11 is 0. The van der Waals surface area contributed by atoms with Crippen molar-refractivity contribution in [3.8, 4) is 0 Å². The molecule has 1 saturated carbocycles. The van der Waals surface area contributed by atoms with Gasteiger partial charge in [0.15, 0.2) is 0 Å². The molecule has 2 fully saturated rings. The van der Waals surface area contributed by atoms with Crippen molar-refractivity contribution in [1.82, 2.24) is 10.6 Å². The minimum Gasteiger partial charge on any atom is -0.380 e. The Kier molecular flexibility index (Phi) is 4.76. The van der Waals surface area contributed by atoms with Crippen LogP contribution < -0.4 is 10.6 Å². The topological polar surface area (TPSA) is 59.6 Å². The Morgan fingerprint density at radius 2 is 2.29 bits per heavy atom. The van der Waals surface area contributed by atoms with Gasteiger partial charge in [0.1, 0.15) is 0 Å². The van der Waals surface area contributed by atoms with Crippen LogP contribution in [0.1, 0.15) is 19.3 Å². The van der Waals surface area contributed by atoms with Crippen LogP contribution in [0.2, 0.25) is 0 Å². The van der Waals surface area contributed by atoms with E-state index in [1.54, 1.807) is 7.11 Å². The Morgan fingerprint density at radius 3 is 2.94 bits per heavy atom. The van der Waals surface area contributed by atoms with E-state index in [0.717, 1.165) is 25.5 Å². The number of hydrogen-bond acceptors (Lipinski definition) is 4. The molecular weight excluding hydrogens is 220 g/mol. The van der Waals surface area contributed by atoms with Crippen LogP contribution in [-0.4, -0.2) is 51.5 Å². The first-order valence-electron chi connectivity index (χ1n) is 6.41. The molecule has 98 valence electrons. The van der Waals surface area contributed by atoms with Crippen LogP contribution in [0.3, 0.4) is 0 Å². The number of carbonyl (C=O) groups excluding carboxylic acids is 1. The second kappa shape index (κ2) is 6.33. The fraction of sp³-hybridized carbons (Fsp3) is 0.917. The first kappa shape index (κ1) is 12.8. The lowest BCUT2D eigenvalue weighted by Gasteiger charge is -2.11. The van der Waals surface area contributed by atoms with E-state index in [1.807, 2.05) is 0 Å². The smallest absolute Gasteiger partial charge is 0.237 e. The first-order valence-corrected chi connectivity index (χ1v) is 6.41. The van der Waals surface area contributed by atoms with Gasteiger partial charge in [0.2, 0.25) is 5.91 Å². The molecule has 1 aliphatic carbocycles. The maximum Gasteiger partial charge on any atom is 0.237 e. The Bertz CT molecular complexity index is 256. The van der Waals surface area contributed by atoms with E-state index in [9.17, 15) is 4.79 Å². The van der Waals surface area contributed by atoms with E-state index >= 15 is 0 Å². The molecule has 17 heavy (non-hydrogen) atoms. The number of ether oxygens (including phenoxy) is 2. The third-order valence-electron chi connectivity index (χ3n) is 3.34. The lowest BCUT2D eigenvalue weighted by atomic mass is 10.2. The van der Waals surface area contributed by atoms with Crippen molar-refractivity contribution in [1.29, 1.82) is 0 Å². The summed E-state index contributed by atoms with van der Waals surface area (Å²) in [5.41, 5.74) is 0. The average Bonchev–Trinajstić information content (AvgIpc) is 3.03. The van der Waals surface area contributed by atoms with Crippen LogP contribution in [0.5, 0.6) is 0 Å². The van der Waals surface area contributed by atoms with E-state index in [0.29, 0.717) is 13.2 Å². The highest BCUT2D eigenvalue weighted by Gasteiger charge is 2.28. The molecule has 0 spiro atoms. The quantitative estimate of drug-likeness (QED) is 0.612. The van der Waals surface area contributed by atoms with Gasteiger partial charge in [-0.2, -0.15) is 0 Å². The molecule has 0 radical (unpaired) electrons. The standard InChI is InChI=1S/C12H22N2O3/c1-16-10-6-11(14-7-10)12(15)13-4-5-17-8-9-2-3-9/h9-11,14H,2-8H2,1H3,(H,13,15). The SMILES string of the molecule is COC1CNC(C(=O)NCCOCC2CC2)C1. The van der Waals surface area contributed by atoms with Crippen molar-refractivity contribution in [2.45, 2.75) is 31.4 Å². The monoisotopic (exact) mass is 242 g/mol. The van der Waals surface area contributed by atoms with Crippen molar-refractivity contribution >= 4 is 5.91 Å². The Morgan fingerprint density at radius 1 is 1.47 bits per heavy atom. The van der Waals surface area contributed by atoms with Crippen molar-refractivity contribution < 1.29 is 14.3 Å². The lowest BCUT2D eigenvalue weighted by Crippen LogP contribution is -2.41. The molecule has 1 amide bonds. The summed E-state index contributed by atoms with van der Waals surface area (Å²) < 4.78 is 10.7. The van der Waals surface area contributed by atoms with Gasteiger partial charge in [-0.1, -0.05) is 0 Å². The number of methoxy groups -OCH3 is 1. The first-order chi connectivity index (χ1) is 8.29. The largest absolute Gasteiger partial charge is 0.380 e. The molecule has 2 N–H and O–H groups in total. The zero-order chi connectivity index (χ0) is 12.1. The molecule has 5 heteroatoms. The molecule has 1 aliphatic heterocycles. The van der Waals surface area contributed by atoms with Gasteiger partial charge < -0.3 is 20.1 Å². The predicted molar refractivity (Wildman–Crippen MR) is 63.8 cm³/mol. The summed E-state index contributed by atoms with van der Waals surface area (Å²) in [5, 5.41) is 6.03. The van der Waals surface area contributed by atoms with Crippen molar-refractivity contribution in [3.63, 3.8) is 0 Å². The second-order valence-electron chi connectivity index (χ2n) is 4.86. The van der Waals surface area contributed by atoms with Crippen LogP contribution in [0, 0.1) is 5.92 Å². The van der Waals surface area contributed by atoms with Gasteiger partial charge >= 0.3 is 0 Å². The maximum atomic E-state index is 11.7. The lowest BCUT2D eigenvalue weighted by molar-refractivity contribution is -0.123. The molecule has 0 bridgehead atoms. The highest BCUT2D eigenvalue weighted by atomic mass is 16.5. The molecule has 0 aromatic heterocycles. The van der Waals surface area contributed by atoms with Gasteiger partial charge in [-0.05, 0) is 25.2 Å². The van der Waals surface area contributed by atoms with E-state index < -0.39 is 0 Å². The maximum absolute atomic E-state index is 11.7.